The molecule has 3 heteroatoms. The van der Waals surface area contributed by atoms with Gasteiger partial charge in [0, 0.05) is 26.2 Å². The first kappa shape index (κ1) is 7.98. The lowest BCUT2D eigenvalue weighted by Gasteiger charge is -2.10. The van der Waals surface area contributed by atoms with E-state index in [1.165, 1.54) is 0 Å². The molecule has 0 aromatic carbocycles. The minimum Gasteiger partial charge on any atom is -0.396 e. The fourth-order valence-electron chi connectivity index (χ4n) is 1.18. The summed E-state index contributed by atoms with van der Waals surface area (Å²) in [5.74, 6) is 0.562. The van der Waals surface area contributed by atoms with Gasteiger partial charge in [-0.25, -0.2) is 5.32 Å². The Labute approximate surface area is 61.8 Å². The topological polar surface area (TPSA) is 46.4 Å². The predicted molar refractivity (Wildman–Crippen MR) is 39.9 cm³/mol. The van der Waals surface area contributed by atoms with E-state index < -0.39 is 0 Å². The molecule has 0 aromatic heterocycles. The number of aliphatic hydroxyl groups excluding tert-OH is 1. The van der Waals surface area contributed by atoms with E-state index in [0.717, 1.165) is 32.6 Å². The number of nitrogens with zero attached hydrogens (tertiary/aromatic N) is 1. The summed E-state index contributed by atoms with van der Waals surface area (Å²) in [4.78, 5) is 0. The van der Waals surface area contributed by atoms with Crippen molar-refractivity contribution >= 4 is 0 Å². The summed E-state index contributed by atoms with van der Waals surface area (Å²) in [6.07, 6.45) is 0.885. The molecule has 0 amide bonds. The summed E-state index contributed by atoms with van der Waals surface area (Å²) in [5.41, 5.74) is 0. The maximum atomic E-state index is 8.64. The molecule has 1 aliphatic heterocycles. The first-order valence-electron chi connectivity index (χ1n) is 3.88. The van der Waals surface area contributed by atoms with Gasteiger partial charge in [-0.3, -0.25) is 0 Å². The number of hydrogen-bond donors (Lipinski definition) is 2. The van der Waals surface area contributed by atoms with Crippen molar-refractivity contribution in [2.45, 2.75) is 6.42 Å². The highest BCUT2D eigenvalue weighted by molar-refractivity contribution is 4.69. The number of hydrogen-bond acceptors (Lipinski definition) is 2. The Bertz CT molecular complexity index is 79.7. The van der Waals surface area contributed by atoms with Gasteiger partial charge in [-0.1, -0.05) is 0 Å². The molecule has 3 nitrogen and oxygen atoms in total. The molecule has 1 saturated heterocycles. The molecule has 1 radical (unpaired) electrons. The Hall–Kier alpha value is -0.120. The van der Waals surface area contributed by atoms with Crippen molar-refractivity contribution in [1.82, 2.24) is 10.6 Å². The van der Waals surface area contributed by atoms with E-state index in [2.05, 4.69) is 10.6 Å². The van der Waals surface area contributed by atoms with Crippen LogP contribution in [-0.4, -0.2) is 37.9 Å². The van der Waals surface area contributed by atoms with Gasteiger partial charge in [0.1, 0.15) is 0 Å². The van der Waals surface area contributed by atoms with Crippen LogP contribution in [0.1, 0.15) is 6.42 Å². The van der Waals surface area contributed by atoms with Crippen LogP contribution < -0.4 is 10.6 Å². The van der Waals surface area contributed by atoms with Gasteiger partial charge in [-0.15, -0.1) is 0 Å². The lowest BCUT2D eigenvalue weighted by molar-refractivity contribution is 0.255. The van der Waals surface area contributed by atoms with Gasteiger partial charge in [0.05, 0.1) is 0 Å². The second-order valence-corrected chi connectivity index (χ2v) is 2.71. The van der Waals surface area contributed by atoms with E-state index in [0.29, 0.717) is 12.5 Å². The standard InChI is InChI=1S/C7H15N2O/c10-4-1-7-5-8-2-3-9-6-7/h7-8,10H,1-6H2. The van der Waals surface area contributed by atoms with Crippen LogP contribution in [0.15, 0.2) is 0 Å². The Morgan fingerprint density at radius 1 is 1.60 bits per heavy atom. The van der Waals surface area contributed by atoms with E-state index in [-0.39, 0.29) is 0 Å². The van der Waals surface area contributed by atoms with E-state index in [1.54, 1.807) is 0 Å². The van der Waals surface area contributed by atoms with Crippen LogP contribution in [-0.2, 0) is 0 Å². The molecule has 0 aromatic rings. The number of aliphatic hydroxyl groups is 1. The Balaban J connectivity index is 2.15. The maximum absolute atomic E-state index is 8.64. The fraction of sp³-hybridized carbons (Fsp3) is 1.00. The van der Waals surface area contributed by atoms with Crippen molar-refractivity contribution in [2.24, 2.45) is 5.92 Å². The van der Waals surface area contributed by atoms with Crippen molar-refractivity contribution < 1.29 is 5.11 Å². The van der Waals surface area contributed by atoms with Gasteiger partial charge < -0.3 is 10.4 Å². The molecule has 2 N–H and O–H groups in total. The van der Waals surface area contributed by atoms with Crippen LogP contribution in [0.5, 0.6) is 0 Å². The van der Waals surface area contributed by atoms with Crippen molar-refractivity contribution in [1.29, 1.82) is 0 Å². The van der Waals surface area contributed by atoms with Gasteiger partial charge in [0.15, 0.2) is 0 Å². The normalized spacial score (nSPS) is 22.5. The van der Waals surface area contributed by atoms with Gasteiger partial charge >= 0.3 is 0 Å². The van der Waals surface area contributed by atoms with E-state index in [1.807, 2.05) is 0 Å². The highest BCUT2D eigenvalue weighted by atomic mass is 16.3. The SMILES string of the molecule is OCCC1C[N]CCNC1. The van der Waals surface area contributed by atoms with Gasteiger partial charge in [-0.2, -0.15) is 0 Å². The Kier molecular flexibility index (Phi) is 3.72. The molecule has 1 heterocycles. The quantitative estimate of drug-likeness (QED) is 0.531. The summed E-state index contributed by atoms with van der Waals surface area (Å²) in [5, 5.41) is 16.2. The molecule has 0 bridgehead atoms. The third kappa shape index (κ3) is 2.64. The average molecular weight is 143 g/mol. The minimum atomic E-state index is 0.294. The molecule has 1 unspecified atom stereocenters. The fourth-order valence-corrected chi connectivity index (χ4v) is 1.18. The van der Waals surface area contributed by atoms with Crippen molar-refractivity contribution in [3.63, 3.8) is 0 Å². The zero-order chi connectivity index (χ0) is 7.23. The molecule has 1 aliphatic rings. The first-order valence-corrected chi connectivity index (χ1v) is 3.88. The molecule has 0 aliphatic carbocycles. The second kappa shape index (κ2) is 4.66. The largest absolute Gasteiger partial charge is 0.396 e. The average Bonchev–Trinajstić information content (AvgIpc) is 2.17. The number of nitrogens with one attached hydrogen (secondary N) is 1. The Morgan fingerprint density at radius 3 is 3.30 bits per heavy atom. The summed E-state index contributed by atoms with van der Waals surface area (Å²) < 4.78 is 0. The van der Waals surface area contributed by atoms with Crippen molar-refractivity contribution in [3.05, 3.63) is 0 Å². The summed E-state index contributed by atoms with van der Waals surface area (Å²) in [7, 11) is 0. The van der Waals surface area contributed by atoms with Crippen LogP contribution in [0.2, 0.25) is 0 Å². The molecule has 1 fully saturated rings. The lowest BCUT2D eigenvalue weighted by Crippen LogP contribution is -2.23. The van der Waals surface area contributed by atoms with Crippen LogP contribution in [0.25, 0.3) is 0 Å². The smallest absolute Gasteiger partial charge is 0.0434 e. The van der Waals surface area contributed by atoms with Gasteiger partial charge in [-0.05, 0) is 18.9 Å². The molecule has 1 atom stereocenters. The van der Waals surface area contributed by atoms with Crippen molar-refractivity contribution in [3.8, 4) is 0 Å². The van der Waals surface area contributed by atoms with E-state index >= 15 is 0 Å². The number of rotatable bonds is 2. The molecule has 0 saturated carbocycles. The lowest BCUT2D eigenvalue weighted by atomic mass is 10.1. The van der Waals surface area contributed by atoms with Crippen molar-refractivity contribution in [2.75, 3.05) is 32.8 Å². The van der Waals surface area contributed by atoms with Crippen LogP contribution in [0.4, 0.5) is 0 Å². The highest BCUT2D eigenvalue weighted by Gasteiger charge is 2.10. The molecule has 1 rings (SSSR count). The third-order valence-electron chi connectivity index (χ3n) is 1.80. The molecule has 59 valence electrons. The van der Waals surface area contributed by atoms with E-state index in [9.17, 15) is 0 Å². The highest BCUT2D eigenvalue weighted by Crippen LogP contribution is 2.00. The van der Waals surface area contributed by atoms with Gasteiger partial charge in [0.2, 0.25) is 0 Å². The third-order valence-corrected chi connectivity index (χ3v) is 1.80. The predicted octanol–water partition coefficient (Wildman–Crippen LogP) is -0.807. The minimum absolute atomic E-state index is 0.294. The molecule has 10 heavy (non-hydrogen) atoms. The second-order valence-electron chi connectivity index (χ2n) is 2.71. The summed E-state index contributed by atoms with van der Waals surface area (Å²) in [6, 6.07) is 0. The summed E-state index contributed by atoms with van der Waals surface area (Å²) >= 11 is 0. The van der Waals surface area contributed by atoms with E-state index in [4.69, 9.17) is 5.11 Å². The maximum Gasteiger partial charge on any atom is 0.0434 e. The van der Waals surface area contributed by atoms with Crippen LogP contribution in [0.3, 0.4) is 0 Å². The van der Waals surface area contributed by atoms with Crippen LogP contribution >= 0.6 is 0 Å². The summed E-state index contributed by atoms with van der Waals surface area (Å²) in [6.45, 7) is 4.17. The Morgan fingerprint density at radius 2 is 2.50 bits per heavy atom. The monoisotopic (exact) mass is 143 g/mol. The molecule has 0 spiro atoms. The molecular formula is C7H15N2O. The van der Waals surface area contributed by atoms with Crippen LogP contribution in [0, 0.1) is 5.92 Å². The molecular weight excluding hydrogens is 128 g/mol. The zero-order valence-electron chi connectivity index (χ0n) is 6.21. The zero-order valence-corrected chi connectivity index (χ0v) is 6.21. The first-order chi connectivity index (χ1) is 4.93. The van der Waals surface area contributed by atoms with Gasteiger partial charge in [0.25, 0.3) is 0 Å².